The Morgan fingerprint density at radius 1 is 1.39 bits per heavy atom. The van der Waals surface area contributed by atoms with Crippen LogP contribution >= 0.6 is 0 Å². The summed E-state index contributed by atoms with van der Waals surface area (Å²) in [7, 11) is 0. The normalized spacial score (nSPS) is 10.6. The molecule has 0 bridgehead atoms. The molecule has 0 radical (unpaired) electrons. The fourth-order valence-corrected chi connectivity index (χ4v) is 1.81. The molecule has 0 aliphatic rings. The van der Waals surface area contributed by atoms with E-state index in [2.05, 4.69) is 10.1 Å². The lowest BCUT2D eigenvalue weighted by molar-refractivity contribution is -0.385. The van der Waals surface area contributed by atoms with Crippen LogP contribution in [0.3, 0.4) is 0 Å². The summed E-state index contributed by atoms with van der Waals surface area (Å²) >= 11 is 0. The van der Waals surface area contributed by atoms with Gasteiger partial charge in [0.2, 0.25) is 0 Å². The van der Waals surface area contributed by atoms with Gasteiger partial charge in [0, 0.05) is 11.9 Å². The minimum atomic E-state index is -0.435. The molecule has 0 fully saturated rings. The van der Waals surface area contributed by atoms with Crippen LogP contribution in [0.25, 0.3) is 5.69 Å². The van der Waals surface area contributed by atoms with Crippen LogP contribution < -0.4 is 0 Å². The zero-order chi connectivity index (χ0) is 13.1. The fourth-order valence-electron chi connectivity index (χ4n) is 1.81. The van der Waals surface area contributed by atoms with Crippen molar-refractivity contribution in [3.8, 4) is 5.69 Å². The van der Waals surface area contributed by atoms with Crippen LogP contribution in [-0.4, -0.2) is 19.7 Å². The summed E-state index contributed by atoms with van der Waals surface area (Å²) in [4.78, 5) is 14.4. The SMILES string of the molecule is CCc1cc(CC)n(-c2ccncc2[N+](=O)[O-])n1. The van der Waals surface area contributed by atoms with Gasteiger partial charge in [0.05, 0.1) is 10.6 Å². The minimum absolute atomic E-state index is 0.0297. The Kier molecular flexibility index (Phi) is 3.36. The number of pyridine rings is 1. The summed E-state index contributed by atoms with van der Waals surface area (Å²) in [6.07, 6.45) is 4.36. The topological polar surface area (TPSA) is 73.8 Å². The highest BCUT2D eigenvalue weighted by molar-refractivity contribution is 5.50. The van der Waals surface area contributed by atoms with Gasteiger partial charge >= 0.3 is 5.69 Å². The molecule has 0 spiro atoms. The van der Waals surface area contributed by atoms with E-state index in [9.17, 15) is 10.1 Å². The number of aromatic nitrogens is 3. The molecule has 2 rings (SSSR count). The Bertz CT molecular complexity index is 577. The van der Waals surface area contributed by atoms with Crippen molar-refractivity contribution in [2.45, 2.75) is 26.7 Å². The van der Waals surface area contributed by atoms with E-state index in [1.807, 2.05) is 19.9 Å². The van der Waals surface area contributed by atoms with Crippen LogP contribution in [0.4, 0.5) is 5.69 Å². The Morgan fingerprint density at radius 2 is 2.17 bits per heavy atom. The average molecular weight is 246 g/mol. The van der Waals surface area contributed by atoms with Gasteiger partial charge in [-0.15, -0.1) is 0 Å². The third-order valence-corrected chi connectivity index (χ3v) is 2.76. The van der Waals surface area contributed by atoms with Crippen LogP contribution in [0.2, 0.25) is 0 Å². The van der Waals surface area contributed by atoms with Gasteiger partial charge in [0.1, 0.15) is 11.9 Å². The first kappa shape index (κ1) is 12.2. The fraction of sp³-hybridized carbons (Fsp3) is 0.333. The lowest BCUT2D eigenvalue weighted by Gasteiger charge is -2.05. The molecule has 0 atom stereocenters. The number of rotatable bonds is 4. The molecule has 94 valence electrons. The summed E-state index contributed by atoms with van der Waals surface area (Å²) in [6, 6.07) is 3.59. The lowest BCUT2D eigenvalue weighted by Crippen LogP contribution is -2.05. The maximum Gasteiger partial charge on any atom is 0.312 e. The number of nitrogens with zero attached hydrogens (tertiary/aromatic N) is 4. The van der Waals surface area contributed by atoms with Crippen molar-refractivity contribution in [1.82, 2.24) is 14.8 Å². The van der Waals surface area contributed by atoms with E-state index in [0.29, 0.717) is 5.69 Å². The van der Waals surface area contributed by atoms with E-state index >= 15 is 0 Å². The summed E-state index contributed by atoms with van der Waals surface area (Å²) in [5.74, 6) is 0. The molecule has 2 heterocycles. The zero-order valence-electron chi connectivity index (χ0n) is 10.3. The van der Waals surface area contributed by atoms with E-state index in [0.717, 1.165) is 24.2 Å². The van der Waals surface area contributed by atoms with Crippen molar-refractivity contribution in [2.24, 2.45) is 0 Å². The highest BCUT2D eigenvalue weighted by Gasteiger charge is 2.18. The molecule has 0 amide bonds. The van der Waals surface area contributed by atoms with Crippen molar-refractivity contribution in [3.63, 3.8) is 0 Å². The predicted octanol–water partition coefficient (Wildman–Crippen LogP) is 2.30. The molecule has 0 aliphatic carbocycles. The van der Waals surface area contributed by atoms with Crippen LogP contribution in [0.15, 0.2) is 24.5 Å². The molecule has 2 aromatic heterocycles. The number of hydrogen-bond acceptors (Lipinski definition) is 4. The third kappa shape index (κ3) is 2.09. The molecule has 0 saturated heterocycles. The predicted molar refractivity (Wildman–Crippen MR) is 66.8 cm³/mol. The lowest BCUT2D eigenvalue weighted by atomic mass is 10.2. The van der Waals surface area contributed by atoms with E-state index in [1.54, 1.807) is 10.7 Å². The Hall–Kier alpha value is -2.24. The highest BCUT2D eigenvalue weighted by atomic mass is 16.6. The third-order valence-electron chi connectivity index (χ3n) is 2.76. The summed E-state index contributed by atoms with van der Waals surface area (Å²) in [5, 5.41) is 15.4. The standard InChI is InChI=1S/C12H14N4O2/c1-3-9-7-10(4-2)15(14-9)11-5-6-13-8-12(11)16(17)18/h5-8H,3-4H2,1-2H3. The molecular weight excluding hydrogens is 232 g/mol. The quantitative estimate of drug-likeness (QED) is 0.612. The maximum atomic E-state index is 11.0. The monoisotopic (exact) mass is 246 g/mol. The molecule has 6 heteroatoms. The molecule has 0 aromatic carbocycles. The first-order valence-corrected chi connectivity index (χ1v) is 5.84. The molecule has 0 N–H and O–H groups in total. The number of hydrogen-bond donors (Lipinski definition) is 0. The second-order valence-electron chi connectivity index (χ2n) is 3.87. The van der Waals surface area contributed by atoms with E-state index in [1.165, 1.54) is 12.4 Å². The molecule has 0 aliphatic heterocycles. The Morgan fingerprint density at radius 3 is 2.78 bits per heavy atom. The van der Waals surface area contributed by atoms with Gasteiger partial charge in [-0.1, -0.05) is 13.8 Å². The zero-order valence-corrected chi connectivity index (χ0v) is 10.3. The van der Waals surface area contributed by atoms with Gasteiger partial charge in [0.15, 0.2) is 0 Å². The average Bonchev–Trinajstić information content (AvgIpc) is 2.81. The van der Waals surface area contributed by atoms with Crippen LogP contribution in [-0.2, 0) is 12.8 Å². The number of aryl methyl sites for hydroxylation is 2. The van der Waals surface area contributed by atoms with E-state index in [-0.39, 0.29) is 5.69 Å². The first-order valence-electron chi connectivity index (χ1n) is 5.84. The van der Waals surface area contributed by atoms with Crippen molar-refractivity contribution >= 4 is 5.69 Å². The van der Waals surface area contributed by atoms with Gasteiger partial charge in [-0.05, 0) is 25.0 Å². The van der Waals surface area contributed by atoms with Gasteiger partial charge in [-0.3, -0.25) is 15.1 Å². The maximum absolute atomic E-state index is 11.0. The Balaban J connectivity index is 2.61. The smallest absolute Gasteiger partial charge is 0.258 e. The molecule has 0 saturated carbocycles. The first-order chi connectivity index (χ1) is 8.67. The van der Waals surface area contributed by atoms with Gasteiger partial charge in [0.25, 0.3) is 0 Å². The molecule has 6 nitrogen and oxygen atoms in total. The summed E-state index contributed by atoms with van der Waals surface area (Å²) < 4.78 is 1.64. The number of nitro groups is 1. The van der Waals surface area contributed by atoms with Crippen molar-refractivity contribution in [2.75, 3.05) is 0 Å². The van der Waals surface area contributed by atoms with Crippen LogP contribution in [0.5, 0.6) is 0 Å². The highest BCUT2D eigenvalue weighted by Crippen LogP contribution is 2.22. The van der Waals surface area contributed by atoms with Crippen LogP contribution in [0, 0.1) is 10.1 Å². The summed E-state index contributed by atoms with van der Waals surface area (Å²) in [5.41, 5.74) is 2.32. The molecular formula is C12H14N4O2. The van der Waals surface area contributed by atoms with E-state index in [4.69, 9.17) is 0 Å². The molecule has 2 aromatic rings. The largest absolute Gasteiger partial charge is 0.312 e. The Labute approximate surface area is 104 Å². The second kappa shape index (κ2) is 4.95. The molecule has 0 unspecified atom stereocenters. The van der Waals surface area contributed by atoms with Crippen molar-refractivity contribution < 1.29 is 4.92 Å². The second-order valence-corrected chi connectivity index (χ2v) is 3.87. The van der Waals surface area contributed by atoms with Gasteiger partial charge in [-0.25, -0.2) is 4.68 Å². The van der Waals surface area contributed by atoms with Crippen molar-refractivity contribution in [3.05, 3.63) is 46.0 Å². The van der Waals surface area contributed by atoms with Crippen LogP contribution in [0.1, 0.15) is 25.2 Å². The molecule has 18 heavy (non-hydrogen) atoms. The van der Waals surface area contributed by atoms with Gasteiger partial charge < -0.3 is 0 Å². The van der Waals surface area contributed by atoms with Crippen molar-refractivity contribution in [1.29, 1.82) is 0 Å². The summed E-state index contributed by atoms with van der Waals surface area (Å²) in [6.45, 7) is 4.01. The minimum Gasteiger partial charge on any atom is -0.258 e. The van der Waals surface area contributed by atoms with E-state index < -0.39 is 4.92 Å². The van der Waals surface area contributed by atoms with Gasteiger partial charge in [-0.2, -0.15) is 5.10 Å².